The van der Waals surface area contributed by atoms with Crippen LogP contribution < -0.4 is 10.6 Å². The van der Waals surface area contributed by atoms with Crippen LogP contribution in [0.25, 0.3) is 10.2 Å². The molecule has 0 saturated carbocycles. The zero-order valence-corrected chi connectivity index (χ0v) is 13.2. The number of fused-ring (bicyclic) bond motifs is 1. The maximum absolute atomic E-state index is 12.3. The molecule has 0 aliphatic heterocycles. The summed E-state index contributed by atoms with van der Waals surface area (Å²) in [4.78, 5) is 31.6. The molecule has 0 aliphatic rings. The first-order valence-electron chi connectivity index (χ1n) is 6.96. The van der Waals surface area contributed by atoms with Crippen molar-refractivity contribution in [2.24, 2.45) is 0 Å². The van der Waals surface area contributed by atoms with Crippen molar-refractivity contribution >= 4 is 39.1 Å². The van der Waals surface area contributed by atoms with Gasteiger partial charge in [0, 0.05) is 24.4 Å². The molecule has 2 heterocycles. The fourth-order valence-corrected chi connectivity index (χ4v) is 2.73. The van der Waals surface area contributed by atoms with Gasteiger partial charge in [-0.05, 0) is 30.3 Å². The first-order valence-corrected chi connectivity index (χ1v) is 7.84. The van der Waals surface area contributed by atoms with Gasteiger partial charge in [0.05, 0.1) is 28.0 Å². The highest BCUT2D eigenvalue weighted by Crippen LogP contribution is 2.21. The summed E-state index contributed by atoms with van der Waals surface area (Å²) in [6.07, 6.45) is 1.55. The minimum absolute atomic E-state index is 0.141. The Bertz CT molecular complexity index is 875. The molecular weight excluding hydrogens is 312 g/mol. The Morgan fingerprint density at radius 1 is 1.17 bits per heavy atom. The van der Waals surface area contributed by atoms with Crippen molar-refractivity contribution in [3.8, 4) is 0 Å². The summed E-state index contributed by atoms with van der Waals surface area (Å²) >= 11 is 1.55. The number of carbonyl (C=O) groups is 2. The first kappa shape index (κ1) is 15.1. The topological polar surface area (TPSA) is 84.0 Å². The number of hydrogen-bond acceptors (Lipinski definition) is 5. The second kappa shape index (κ2) is 6.53. The van der Waals surface area contributed by atoms with Gasteiger partial charge < -0.3 is 10.6 Å². The molecule has 3 rings (SSSR count). The van der Waals surface area contributed by atoms with E-state index >= 15 is 0 Å². The number of nitrogens with one attached hydrogen (secondary N) is 2. The second-order valence-corrected chi connectivity index (χ2v) is 5.82. The summed E-state index contributed by atoms with van der Waals surface area (Å²) in [5.74, 6) is -0.371. The quantitative estimate of drug-likeness (QED) is 0.772. The van der Waals surface area contributed by atoms with E-state index in [2.05, 4.69) is 20.6 Å². The fraction of sp³-hybridized carbons (Fsp3) is 0.125. The number of hydrogen-bond donors (Lipinski definition) is 2. The van der Waals surface area contributed by atoms with Crippen LogP contribution in [0.2, 0.25) is 0 Å². The van der Waals surface area contributed by atoms with E-state index in [0.717, 1.165) is 10.2 Å². The van der Waals surface area contributed by atoms with Gasteiger partial charge in [-0.15, -0.1) is 11.3 Å². The smallest absolute Gasteiger partial charge is 0.255 e. The highest BCUT2D eigenvalue weighted by Gasteiger charge is 2.09. The van der Waals surface area contributed by atoms with Gasteiger partial charge in [0.2, 0.25) is 5.91 Å². The Hall–Kier alpha value is -2.80. The van der Waals surface area contributed by atoms with Gasteiger partial charge in [0.25, 0.3) is 5.91 Å². The Labute approximate surface area is 136 Å². The second-order valence-electron chi connectivity index (χ2n) is 4.93. The van der Waals surface area contributed by atoms with E-state index in [4.69, 9.17) is 0 Å². The predicted molar refractivity (Wildman–Crippen MR) is 89.3 cm³/mol. The molecule has 116 valence electrons. The van der Waals surface area contributed by atoms with Gasteiger partial charge in [-0.25, -0.2) is 4.98 Å². The molecule has 0 fully saturated rings. The Morgan fingerprint density at radius 3 is 2.87 bits per heavy atom. The summed E-state index contributed by atoms with van der Waals surface area (Å²) in [6, 6.07) is 8.90. The lowest BCUT2D eigenvalue weighted by atomic mass is 10.2. The van der Waals surface area contributed by atoms with E-state index in [-0.39, 0.29) is 11.8 Å². The van der Waals surface area contributed by atoms with Crippen molar-refractivity contribution < 1.29 is 9.59 Å². The van der Waals surface area contributed by atoms with Gasteiger partial charge in [0.15, 0.2) is 0 Å². The van der Waals surface area contributed by atoms with Gasteiger partial charge in [-0.1, -0.05) is 0 Å². The Balaban J connectivity index is 1.74. The molecule has 2 amide bonds. The number of pyridine rings is 1. The average molecular weight is 326 g/mol. The van der Waals surface area contributed by atoms with Crippen LogP contribution in [0.1, 0.15) is 23.0 Å². The van der Waals surface area contributed by atoms with E-state index in [0.29, 0.717) is 23.5 Å². The van der Waals surface area contributed by atoms with Crippen LogP contribution in [-0.2, 0) is 11.3 Å². The van der Waals surface area contributed by atoms with Crippen molar-refractivity contribution in [3.05, 3.63) is 53.3 Å². The molecule has 0 aliphatic carbocycles. The number of anilines is 1. The number of aromatic nitrogens is 2. The zero-order valence-electron chi connectivity index (χ0n) is 12.4. The molecule has 0 unspecified atom stereocenters. The van der Waals surface area contributed by atoms with Crippen LogP contribution in [-0.4, -0.2) is 21.8 Å². The van der Waals surface area contributed by atoms with Crippen LogP contribution in [0, 0.1) is 0 Å². The average Bonchev–Trinajstić information content (AvgIpc) is 3.01. The third kappa shape index (κ3) is 3.70. The zero-order chi connectivity index (χ0) is 16.2. The van der Waals surface area contributed by atoms with Crippen LogP contribution >= 0.6 is 11.3 Å². The first-order chi connectivity index (χ1) is 11.1. The van der Waals surface area contributed by atoms with Crippen molar-refractivity contribution in [2.75, 3.05) is 5.32 Å². The summed E-state index contributed by atoms with van der Waals surface area (Å²) in [5, 5.41) is 5.50. The molecule has 23 heavy (non-hydrogen) atoms. The van der Waals surface area contributed by atoms with Crippen molar-refractivity contribution in [1.82, 2.24) is 15.3 Å². The molecule has 2 N–H and O–H groups in total. The SMILES string of the molecule is CC(=O)NCc1cc(C(=O)Nc2ccc3scnc3c2)ccn1. The number of benzene rings is 1. The van der Waals surface area contributed by atoms with E-state index in [1.54, 1.807) is 35.2 Å². The van der Waals surface area contributed by atoms with Crippen molar-refractivity contribution in [1.29, 1.82) is 0 Å². The van der Waals surface area contributed by atoms with E-state index in [1.807, 2.05) is 18.2 Å². The number of carbonyl (C=O) groups excluding carboxylic acids is 2. The van der Waals surface area contributed by atoms with E-state index < -0.39 is 0 Å². The molecule has 7 heteroatoms. The van der Waals surface area contributed by atoms with Gasteiger partial charge in [-0.2, -0.15) is 0 Å². The molecule has 3 aromatic rings. The van der Waals surface area contributed by atoms with Crippen LogP contribution in [0.4, 0.5) is 5.69 Å². The molecule has 0 spiro atoms. The lowest BCUT2D eigenvalue weighted by Gasteiger charge is -2.07. The number of amides is 2. The monoisotopic (exact) mass is 326 g/mol. The van der Waals surface area contributed by atoms with Crippen LogP contribution in [0.3, 0.4) is 0 Å². The molecule has 1 aromatic carbocycles. The summed E-state index contributed by atoms with van der Waals surface area (Å²) in [7, 11) is 0. The number of thiazole rings is 1. The van der Waals surface area contributed by atoms with E-state index in [1.165, 1.54) is 6.92 Å². The standard InChI is InChI=1S/C16H14N4O2S/c1-10(21)18-8-13-6-11(4-5-17-13)16(22)20-12-2-3-15-14(7-12)19-9-23-15/h2-7,9H,8H2,1H3,(H,18,21)(H,20,22). The van der Waals surface area contributed by atoms with Gasteiger partial charge in [-0.3, -0.25) is 14.6 Å². The van der Waals surface area contributed by atoms with Crippen LogP contribution in [0.15, 0.2) is 42.0 Å². The molecule has 0 atom stereocenters. The Kier molecular flexibility index (Phi) is 4.29. The fourth-order valence-electron chi connectivity index (χ4n) is 2.07. The summed E-state index contributed by atoms with van der Waals surface area (Å²) in [6.45, 7) is 1.73. The molecular formula is C16H14N4O2S. The summed E-state index contributed by atoms with van der Waals surface area (Å²) in [5.41, 5.74) is 4.43. The predicted octanol–water partition coefficient (Wildman–Crippen LogP) is 2.58. The molecule has 2 aromatic heterocycles. The lowest BCUT2D eigenvalue weighted by Crippen LogP contribution is -2.20. The lowest BCUT2D eigenvalue weighted by molar-refractivity contribution is -0.119. The number of nitrogens with zero attached hydrogens (tertiary/aromatic N) is 2. The van der Waals surface area contributed by atoms with Crippen LogP contribution in [0.5, 0.6) is 0 Å². The highest BCUT2D eigenvalue weighted by molar-refractivity contribution is 7.16. The third-order valence-electron chi connectivity index (χ3n) is 3.19. The minimum Gasteiger partial charge on any atom is -0.351 e. The van der Waals surface area contributed by atoms with Gasteiger partial charge >= 0.3 is 0 Å². The summed E-state index contributed by atoms with van der Waals surface area (Å²) < 4.78 is 1.07. The third-order valence-corrected chi connectivity index (χ3v) is 4.00. The maximum atomic E-state index is 12.3. The Morgan fingerprint density at radius 2 is 2.04 bits per heavy atom. The van der Waals surface area contributed by atoms with Crippen molar-refractivity contribution in [2.45, 2.75) is 13.5 Å². The molecule has 0 saturated heterocycles. The van der Waals surface area contributed by atoms with E-state index in [9.17, 15) is 9.59 Å². The minimum atomic E-state index is -0.231. The number of rotatable bonds is 4. The maximum Gasteiger partial charge on any atom is 0.255 e. The van der Waals surface area contributed by atoms with Crippen molar-refractivity contribution in [3.63, 3.8) is 0 Å². The highest BCUT2D eigenvalue weighted by atomic mass is 32.1. The van der Waals surface area contributed by atoms with Gasteiger partial charge in [0.1, 0.15) is 0 Å². The largest absolute Gasteiger partial charge is 0.351 e. The molecule has 0 bridgehead atoms. The molecule has 6 nitrogen and oxygen atoms in total. The molecule has 0 radical (unpaired) electrons. The normalized spacial score (nSPS) is 10.5.